The summed E-state index contributed by atoms with van der Waals surface area (Å²) in [6.07, 6.45) is 0.429. The molecule has 8 nitrogen and oxygen atoms in total. The molecule has 0 radical (unpaired) electrons. The second kappa shape index (κ2) is 10.3. The Morgan fingerprint density at radius 3 is 2.33 bits per heavy atom. The van der Waals surface area contributed by atoms with Crippen LogP contribution in [0.3, 0.4) is 0 Å². The van der Waals surface area contributed by atoms with Crippen molar-refractivity contribution in [2.24, 2.45) is 0 Å². The molecule has 0 aliphatic carbocycles. The molecule has 194 valence electrons. The van der Waals surface area contributed by atoms with Crippen LogP contribution >= 0.6 is 0 Å². The lowest BCUT2D eigenvalue weighted by Gasteiger charge is -2.40. The van der Waals surface area contributed by atoms with Crippen molar-refractivity contribution in [2.75, 3.05) is 51.9 Å². The van der Waals surface area contributed by atoms with E-state index in [1.54, 1.807) is 14.2 Å². The monoisotopic (exact) mass is 496 g/mol. The summed E-state index contributed by atoms with van der Waals surface area (Å²) in [5.74, 6) is 1.73. The summed E-state index contributed by atoms with van der Waals surface area (Å²) in [4.78, 5) is 4.64. The van der Waals surface area contributed by atoms with Crippen molar-refractivity contribution < 1.29 is 28.8 Å². The van der Waals surface area contributed by atoms with Crippen LogP contribution in [0.2, 0.25) is 0 Å². The van der Waals surface area contributed by atoms with Gasteiger partial charge in [-0.05, 0) is 49.8 Å². The first kappa shape index (κ1) is 24.9. The third-order valence-corrected chi connectivity index (χ3v) is 7.18. The lowest BCUT2D eigenvalue weighted by Crippen LogP contribution is -2.54. The number of benzene rings is 2. The molecule has 4 atom stereocenters. The van der Waals surface area contributed by atoms with Gasteiger partial charge in [-0.1, -0.05) is 24.3 Å². The van der Waals surface area contributed by atoms with E-state index in [1.165, 1.54) is 0 Å². The second-order valence-electron chi connectivity index (χ2n) is 9.90. The Kier molecular flexibility index (Phi) is 7.12. The molecule has 3 heterocycles. The van der Waals surface area contributed by atoms with Crippen molar-refractivity contribution in [3.05, 3.63) is 59.9 Å². The SMILES string of the molecule is COc1ccc(/C=C2\O[C@H]([C@H]3COC(C)(C)O3)[C@H](O)[C@H]2N2CCN(c3ccccc3OC)CC2)cc1. The molecule has 5 rings (SSSR count). The third kappa shape index (κ3) is 5.04. The highest BCUT2D eigenvalue weighted by Gasteiger charge is 2.51. The predicted octanol–water partition coefficient (Wildman–Crippen LogP) is 3.15. The number of nitrogens with zero attached hydrogens (tertiary/aromatic N) is 2. The summed E-state index contributed by atoms with van der Waals surface area (Å²) < 4.78 is 29.1. The molecule has 3 saturated heterocycles. The lowest BCUT2D eigenvalue weighted by molar-refractivity contribution is -0.156. The predicted molar refractivity (Wildman–Crippen MR) is 137 cm³/mol. The molecule has 0 bridgehead atoms. The first-order valence-electron chi connectivity index (χ1n) is 12.5. The number of piperazine rings is 1. The number of hydrogen-bond donors (Lipinski definition) is 1. The molecule has 1 N–H and O–H groups in total. The molecule has 0 amide bonds. The second-order valence-corrected chi connectivity index (χ2v) is 9.90. The quantitative estimate of drug-likeness (QED) is 0.654. The van der Waals surface area contributed by atoms with Gasteiger partial charge in [0.25, 0.3) is 0 Å². The zero-order valence-corrected chi connectivity index (χ0v) is 21.4. The fourth-order valence-corrected chi connectivity index (χ4v) is 5.33. The molecular weight excluding hydrogens is 460 g/mol. The van der Waals surface area contributed by atoms with Gasteiger partial charge in [0.2, 0.25) is 0 Å². The fourth-order valence-electron chi connectivity index (χ4n) is 5.33. The average Bonchev–Trinajstić information content (AvgIpc) is 3.42. The zero-order chi connectivity index (χ0) is 25.3. The van der Waals surface area contributed by atoms with Gasteiger partial charge in [0, 0.05) is 26.2 Å². The van der Waals surface area contributed by atoms with Crippen molar-refractivity contribution in [3.63, 3.8) is 0 Å². The van der Waals surface area contributed by atoms with Crippen LogP contribution in [0.15, 0.2) is 54.3 Å². The molecule has 0 aromatic heterocycles. The summed E-state index contributed by atoms with van der Waals surface area (Å²) >= 11 is 0. The van der Waals surface area contributed by atoms with E-state index in [0.717, 1.165) is 54.7 Å². The molecule has 2 aromatic rings. The number of aliphatic hydroxyl groups is 1. The van der Waals surface area contributed by atoms with Crippen LogP contribution in [0.4, 0.5) is 5.69 Å². The Morgan fingerprint density at radius 1 is 0.972 bits per heavy atom. The van der Waals surface area contributed by atoms with Crippen LogP contribution in [-0.2, 0) is 14.2 Å². The Hall–Kier alpha value is -2.78. The maximum absolute atomic E-state index is 11.5. The summed E-state index contributed by atoms with van der Waals surface area (Å²) in [6, 6.07) is 15.6. The zero-order valence-electron chi connectivity index (χ0n) is 21.4. The first-order chi connectivity index (χ1) is 17.4. The highest BCUT2D eigenvalue weighted by Crippen LogP contribution is 2.38. The largest absolute Gasteiger partial charge is 0.497 e. The van der Waals surface area contributed by atoms with Gasteiger partial charge >= 0.3 is 0 Å². The van der Waals surface area contributed by atoms with Crippen molar-refractivity contribution in [2.45, 2.75) is 44.0 Å². The van der Waals surface area contributed by atoms with E-state index in [1.807, 2.05) is 62.4 Å². The molecule has 0 saturated carbocycles. The number of hydrogen-bond acceptors (Lipinski definition) is 8. The smallest absolute Gasteiger partial charge is 0.163 e. The van der Waals surface area contributed by atoms with E-state index in [0.29, 0.717) is 6.61 Å². The summed E-state index contributed by atoms with van der Waals surface area (Å²) in [6.45, 7) is 7.36. The minimum Gasteiger partial charge on any atom is -0.497 e. The first-order valence-corrected chi connectivity index (χ1v) is 12.5. The standard InChI is InChI=1S/C28H36N2O6/c1-28(2)34-18-24(36-28)27-26(31)25(23(35-27)17-19-9-11-20(32-3)12-10-19)30-15-13-29(14-16-30)21-7-5-6-8-22(21)33-4/h5-12,17,24-27,31H,13-16,18H2,1-4H3/b23-17-/t24-,25+,26-,27-/m1/s1. The summed E-state index contributed by atoms with van der Waals surface area (Å²) in [5, 5.41) is 11.5. The molecule has 36 heavy (non-hydrogen) atoms. The summed E-state index contributed by atoms with van der Waals surface area (Å²) in [5.41, 5.74) is 2.08. The van der Waals surface area contributed by atoms with Gasteiger partial charge in [-0.3, -0.25) is 4.90 Å². The molecule has 3 aliphatic heterocycles. The Balaban J connectivity index is 1.37. The minimum atomic E-state index is -0.741. The van der Waals surface area contributed by atoms with E-state index >= 15 is 0 Å². The molecule has 0 spiro atoms. The van der Waals surface area contributed by atoms with Crippen LogP contribution in [-0.4, -0.2) is 87.2 Å². The van der Waals surface area contributed by atoms with Gasteiger partial charge in [-0.2, -0.15) is 0 Å². The molecule has 0 unspecified atom stereocenters. The van der Waals surface area contributed by atoms with E-state index in [4.69, 9.17) is 23.7 Å². The maximum atomic E-state index is 11.5. The highest BCUT2D eigenvalue weighted by molar-refractivity contribution is 5.59. The fraction of sp³-hybridized carbons (Fsp3) is 0.500. The molecule has 2 aromatic carbocycles. The van der Waals surface area contributed by atoms with Gasteiger partial charge in [-0.15, -0.1) is 0 Å². The minimum absolute atomic E-state index is 0.274. The number of methoxy groups -OCH3 is 2. The van der Waals surface area contributed by atoms with Gasteiger partial charge < -0.3 is 33.7 Å². The van der Waals surface area contributed by atoms with E-state index < -0.39 is 18.0 Å². The van der Waals surface area contributed by atoms with Gasteiger partial charge in [0.05, 0.1) is 32.6 Å². The van der Waals surface area contributed by atoms with Crippen LogP contribution in [0, 0.1) is 0 Å². The molecule has 3 fully saturated rings. The van der Waals surface area contributed by atoms with Crippen LogP contribution < -0.4 is 14.4 Å². The number of para-hydroxylation sites is 2. The molecule has 8 heteroatoms. The Labute approximate surface area is 213 Å². The maximum Gasteiger partial charge on any atom is 0.163 e. The van der Waals surface area contributed by atoms with Crippen LogP contribution in [0.25, 0.3) is 6.08 Å². The van der Waals surface area contributed by atoms with E-state index in [9.17, 15) is 5.11 Å². The third-order valence-electron chi connectivity index (χ3n) is 7.18. The van der Waals surface area contributed by atoms with Crippen molar-refractivity contribution >= 4 is 11.8 Å². The van der Waals surface area contributed by atoms with Crippen molar-refractivity contribution in [3.8, 4) is 11.5 Å². The van der Waals surface area contributed by atoms with E-state index in [-0.39, 0.29) is 12.1 Å². The number of rotatable bonds is 6. The molecule has 3 aliphatic rings. The normalized spacial score (nSPS) is 29.4. The Morgan fingerprint density at radius 2 is 1.69 bits per heavy atom. The molecular formula is C28H36N2O6. The lowest BCUT2D eigenvalue weighted by atomic mass is 10.00. The van der Waals surface area contributed by atoms with Gasteiger partial charge in [0.15, 0.2) is 11.9 Å². The van der Waals surface area contributed by atoms with Crippen LogP contribution in [0.1, 0.15) is 19.4 Å². The van der Waals surface area contributed by atoms with E-state index in [2.05, 4.69) is 15.9 Å². The topological polar surface area (TPSA) is 72.9 Å². The summed E-state index contributed by atoms with van der Waals surface area (Å²) in [7, 11) is 3.36. The average molecular weight is 497 g/mol. The van der Waals surface area contributed by atoms with Crippen LogP contribution in [0.5, 0.6) is 11.5 Å². The van der Waals surface area contributed by atoms with Gasteiger partial charge in [0.1, 0.15) is 29.5 Å². The van der Waals surface area contributed by atoms with Gasteiger partial charge in [-0.25, -0.2) is 0 Å². The highest BCUT2D eigenvalue weighted by atomic mass is 16.8. The number of aliphatic hydroxyl groups excluding tert-OH is 1. The Bertz CT molecular complexity index is 1060. The van der Waals surface area contributed by atoms with Crippen molar-refractivity contribution in [1.82, 2.24) is 4.90 Å². The number of anilines is 1. The number of ether oxygens (including phenoxy) is 5. The van der Waals surface area contributed by atoms with Crippen molar-refractivity contribution in [1.29, 1.82) is 0 Å².